The number of nitrogens with zero attached hydrogens (tertiary/aromatic N) is 5. The van der Waals surface area contributed by atoms with Crippen LogP contribution in [0, 0.1) is 12.8 Å². The predicted octanol–water partition coefficient (Wildman–Crippen LogP) is 6.10. The van der Waals surface area contributed by atoms with Crippen LogP contribution in [0.3, 0.4) is 0 Å². The summed E-state index contributed by atoms with van der Waals surface area (Å²) in [6.07, 6.45) is 0.871. The smallest absolute Gasteiger partial charge is 0.475 e. The second-order valence-corrected chi connectivity index (χ2v) is 11.6. The summed E-state index contributed by atoms with van der Waals surface area (Å²) in [4.78, 5) is 33.4. The first-order valence-corrected chi connectivity index (χ1v) is 15.1. The lowest BCUT2D eigenvalue weighted by atomic mass is 9.93. The maximum atomic E-state index is 13.1. The molecule has 2 aromatic carbocycles. The minimum atomic E-state index is -5.08. The summed E-state index contributed by atoms with van der Waals surface area (Å²) < 4.78 is 31.7. The third-order valence-electron chi connectivity index (χ3n) is 7.43. The molecule has 0 spiro atoms. The van der Waals surface area contributed by atoms with Crippen molar-refractivity contribution in [3.8, 4) is 0 Å². The minimum absolute atomic E-state index is 0.0710. The van der Waals surface area contributed by atoms with E-state index in [2.05, 4.69) is 59.2 Å². The summed E-state index contributed by atoms with van der Waals surface area (Å²) in [5.41, 5.74) is 7.78. The Morgan fingerprint density at radius 1 is 1.09 bits per heavy atom. The van der Waals surface area contributed by atoms with E-state index in [9.17, 15) is 18.0 Å². The highest BCUT2D eigenvalue weighted by Gasteiger charge is 2.38. The molecule has 1 saturated heterocycles. The van der Waals surface area contributed by atoms with Gasteiger partial charge in [0.25, 0.3) is 0 Å². The monoisotopic (exact) mass is 640 g/mol. The quantitative estimate of drug-likeness (QED) is 0.206. The first-order valence-electron chi connectivity index (χ1n) is 14.2. The van der Waals surface area contributed by atoms with Crippen LogP contribution < -0.4 is 20.9 Å². The lowest BCUT2D eigenvalue weighted by Gasteiger charge is -2.31. The number of halogens is 3. The Bertz CT molecular complexity index is 1640. The predicted molar refractivity (Wildman–Crippen MR) is 165 cm³/mol. The van der Waals surface area contributed by atoms with Crippen LogP contribution in [0.2, 0.25) is 0 Å². The zero-order valence-electron chi connectivity index (χ0n) is 24.3. The summed E-state index contributed by atoms with van der Waals surface area (Å²) in [6, 6.07) is 14.4. The summed E-state index contributed by atoms with van der Waals surface area (Å²) in [5, 5.41) is 26.2. The number of hydrogen-bond acceptors (Lipinski definition) is 10. The van der Waals surface area contributed by atoms with Gasteiger partial charge in [-0.2, -0.15) is 18.2 Å². The van der Waals surface area contributed by atoms with Gasteiger partial charge in [0.1, 0.15) is 11.3 Å². The lowest BCUT2D eigenvalue weighted by molar-refractivity contribution is -0.192. The molecule has 1 fully saturated rings. The summed E-state index contributed by atoms with van der Waals surface area (Å²) in [7, 11) is 0. The number of carboxylic acids is 1. The van der Waals surface area contributed by atoms with Crippen LogP contribution in [0.5, 0.6) is 0 Å². The molecule has 15 heteroatoms. The van der Waals surface area contributed by atoms with E-state index in [1.165, 1.54) is 5.56 Å². The fourth-order valence-corrected chi connectivity index (χ4v) is 5.69. The Labute approximate surface area is 260 Å². The molecule has 0 radical (unpaired) electrons. The van der Waals surface area contributed by atoms with Gasteiger partial charge in [0.05, 0.1) is 0 Å². The molecule has 0 saturated carbocycles. The Balaban J connectivity index is 0.000000515. The maximum absolute atomic E-state index is 13.1. The van der Waals surface area contributed by atoms with Crippen LogP contribution in [-0.4, -0.2) is 56.4 Å². The second-order valence-electron chi connectivity index (χ2n) is 10.8. The van der Waals surface area contributed by atoms with Crippen molar-refractivity contribution in [3.63, 3.8) is 0 Å². The van der Waals surface area contributed by atoms with Crippen LogP contribution in [-0.2, 0) is 22.4 Å². The average molecular weight is 641 g/mol. The van der Waals surface area contributed by atoms with Crippen LogP contribution in [0.1, 0.15) is 36.0 Å². The van der Waals surface area contributed by atoms with Gasteiger partial charge in [0, 0.05) is 48.3 Å². The van der Waals surface area contributed by atoms with Crippen molar-refractivity contribution in [2.45, 2.75) is 45.2 Å². The molecule has 45 heavy (non-hydrogen) atoms. The molecule has 4 aromatic rings. The SMILES string of the molecule is Cc1cnc2nc1Nc1ccc(NC(=O)CC3CCN(c4nncs4)CC3)c(c1)CCc1cccc(c1)N2.O=C(O)C(F)(F)F. The van der Waals surface area contributed by atoms with Gasteiger partial charge in [-0.05, 0) is 80.0 Å². The number of hydrogen-bond donors (Lipinski definition) is 4. The molecule has 6 rings (SSSR count). The third kappa shape index (κ3) is 8.65. The molecular weight excluding hydrogens is 609 g/mol. The molecule has 2 aromatic heterocycles. The average Bonchev–Trinajstić information content (AvgIpc) is 3.54. The highest BCUT2D eigenvalue weighted by Crippen LogP contribution is 2.30. The maximum Gasteiger partial charge on any atom is 0.490 e. The molecule has 0 unspecified atom stereocenters. The number of fused-ring (bicyclic) bond motifs is 6. The van der Waals surface area contributed by atoms with Crippen molar-refractivity contribution < 1.29 is 27.9 Å². The molecular formula is C30H31F3N8O3S. The molecule has 4 heterocycles. The van der Waals surface area contributed by atoms with Crippen molar-refractivity contribution in [1.82, 2.24) is 20.2 Å². The number of aryl methyl sites for hydroxylation is 3. The van der Waals surface area contributed by atoms with Gasteiger partial charge in [-0.3, -0.25) is 4.79 Å². The van der Waals surface area contributed by atoms with E-state index < -0.39 is 12.1 Å². The first kappa shape index (κ1) is 31.6. The molecule has 236 valence electrons. The fourth-order valence-electron chi connectivity index (χ4n) is 5.08. The standard InChI is InChI=1S/C28H30N8OS.C2HF3O2/c1-18-16-29-27-32-22-4-2-3-19(13-22)5-6-21-15-23(31-26(18)34-27)7-8-24(21)33-25(37)14-20-9-11-36(12-10-20)28-35-30-17-38-28;3-2(4,5)1(6)7/h2-4,7-8,13,15-17,20H,5-6,9-12,14H2,1H3,(H,33,37)(H2,29,31,32,34);(H,6,7). The lowest BCUT2D eigenvalue weighted by Crippen LogP contribution is -2.34. The highest BCUT2D eigenvalue weighted by atomic mass is 32.1. The Morgan fingerprint density at radius 3 is 2.56 bits per heavy atom. The number of nitrogens with one attached hydrogen (secondary N) is 3. The van der Waals surface area contributed by atoms with Crippen molar-refractivity contribution in [2.75, 3.05) is 33.9 Å². The minimum Gasteiger partial charge on any atom is -0.475 e. The van der Waals surface area contributed by atoms with E-state index in [0.29, 0.717) is 18.3 Å². The Hall–Kier alpha value is -4.79. The zero-order valence-corrected chi connectivity index (χ0v) is 25.1. The summed E-state index contributed by atoms with van der Waals surface area (Å²) >= 11 is 1.57. The number of carbonyl (C=O) groups is 2. The van der Waals surface area contributed by atoms with Gasteiger partial charge in [-0.15, -0.1) is 10.2 Å². The molecule has 4 N–H and O–H groups in total. The fraction of sp³-hybridized carbons (Fsp3) is 0.333. The van der Waals surface area contributed by atoms with Crippen LogP contribution >= 0.6 is 11.3 Å². The van der Waals surface area contributed by atoms with Crippen LogP contribution in [0.15, 0.2) is 54.2 Å². The largest absolute Gasteiger partial charge is 0.490 e. The van der Waals surface area contributed by atoms with Crippen molar-refractivity contribution in [2.24, 2.45) is 5.92 Å². The number of alkyl halides is 3. The van der Waals surface area contributed by atoms with E-state index in [0.717, 1.165) is 77.9 Å². The van der Waals surface area contributed by atoms with Gasteiger partial charge in [-0.25, -0.2) is 9.78 Å². The van der Waals surface area contributed by atoms with E-state index in [4.69, 9.17) is 9.90 Å². The number of carboxylic acid groups (broad SMARTS) is 1. The van der Waals surface area contributed by atoms with Crippen molar-refractivity contribution in [1.29, 1.82) is 0 Å². The third-order valence-corrected chi connectivity index (χ3v) is 8.18. The van der Waals surface area contributed by atoms with Gasteiger partial charge in [-0.1, -0.05) is 23.5 Å². The number of amides is 1. The molecule has 2 aliphatic rings. The number of piperidine rings is 1. The summed E-state index contributed by atoms with van der Waals surface area (Å²) in [5.74, 6) is -1.02. The van der Waals surface area contributed by atoms with E-state index in [1.807, 2.05) is 37.4 Å². The van der Waals surface area contributed by atoms with Crippen molar-refractivity contribution in [3.05, 3.63) is 70.9 Å². The first-order chi connectivity index (χ1) is 21.5. The Kier molecular flexibility index (Phi) is 9.76. The van der Waals surface area contributed by atoms with Gasteiger partial charge >= 0.3 is 12.1 Å². The number of anilines is 6. The Morgan fingerprint density at radius 2 is 1.84 bits per heavy atom. The van der Waals surface area contributed by atoms with E-state index in [1.54, 1.807) is 16.8 Å². The molecule has 2 aliphatic heterocycles. The molecule has 1 amide bonds. The number of carbonyl (C=O) groups excluding carboxylic acids is 1. The second kappa shape index (κ2) is 13.9. The van der Waals surface area contributed by atoms with Gasteiger partial charge in [0.15, 0.2) is 0 Å². The molecule has 0 atom stereocenters. The number of aromatic nitrogens is 4. The number of benzene rings is 2. The van der Waals surface area contributed by atoms with Crippen LogP contribution in [0.4, 0.5) is 47.1 Å². The highest BCUT2D eigenvalue weighted by molar-refractivity contribution is 7.13. The van der Waals surface area contributed by atoms with E-state index >= 15 is 0 Å². The molecule has 6 bridgehead atoms. The molecule has 11 nitrogen and oxygen atoms in total. The summed E-state index contributed by atoms with van der Waals surface area (Å²) in [6.45, 7) is 3.81. The van der Waals surface area contributed by atoms with Crippen LogP contribution in [0.25, 0.3) is 0 Å². The topological polar surface area (TPSA) is 145 Å². The number of rotatable bonds is 4. The van der Waals surface area contributed by atoms with Gasteiger partial charge < -0.3 is 26.0 Å². The van der Waals surface area contributed by atoms with Gasteiger partial charge in [0.2, 0.25) is 17.0 Å². The molecule has 0 aliphatic carbocycles. The normalized spacial score (nSPS) is 14.7. The number of aliphatic carboxylic acids is 1. The van der Waals surface area contributed by atoms with Crippen molar-refractivity contribution >= 4 is 57.2 Å². The van der Waals surface area contributed by atoms with E-state index in [-0.39, 0.29) is 5.91 Å². The zero-order chi connectivity index (χ0) is 32.0.